The van der Waals surface area contributed by atoms with Gasteiger partial charge < -0.3 is 19.8 Å². The van der Waals surface area contributed by atoms with Crippen LogP contribution >= 0.6 is 11.3 Å². The summed E-state index contributed by atoms with van der Waals surface area (Å²) in [6.45, 7) is 5.07. The Kier molecular flexibility index (Phi) is 11.1. The van der Waals surface area contributed by atoms with Gasteiger partial charge in [-0.3, -0.25) is 4.90 Å². The Morgan fingerprint density at radius 3 is 2.34 bits per heavy atom. The van der Waals surface area contributed by atoms with Crippen LogP contribution in [0.4, 0.5) is 18.3 Å². The fourth-order valence-electron chi connectivity index (χ4n) is 6.63. The van der Waals surface area contributed by atoms with Crippen molar-refractivity contribution in [2.75, 3.05) is 50.9 Å². The minimum atomic E-state index is -5.08. The summed E-state index contributed by atoms with van der Waals surface area (Å²) < 4.78 is 67.2. The summed E-state index contributed by atoms with van der Waals surface area (Å²) in [5.41, 5.74) is 1.88. The molecule has 1 aromatic heterocycles. The average Bonchev–Trinajstić information content (AvgIpc) is 3.50. The van der Waals surface area contributed by atoms with Gasteiger partial charge in [0.15, 0.2) is 5.13 Å². The number of aliphatic carboxylic acids is 1. The van der Waals surface area contributed by atoms with Crippen molar-refractivity contribution in [1.82, 2.24) is 14.6 Å². The summed E-state index contributed by atoms with van der Waals surface area (Å²) in [5, 5.41) is 18.1. The summed E-state index contributed by atoms with van der Waals surface area (Å²) in [7, 11) is -3.72. The molecular weight excluding hydrogens is 658 g/mol. The molecule has 3 N–H and O–H groups in total. The standard InChI is InChI=1S/C30H40N4O4S2.C2HF3O2/c35-23-29(13-17-38-18-14-29)21-31-40(36,37)25-9-10-26-27(19-25)39-28(32-26)33-15-16-34(20-24-7-3-1-4-8-24)30(22-33)11-5-2-6-12-30;3-2(4,5)1(6)7/h1,3-4,7-10,19,31,35H,2,5-6,11-18,20-23H2;(H,6,7). The number of nitrogens with zero attached hydrogens (tertiary/aromatic N) is 3. The van der Waals surface area contributed by atoms with Crippen molar-refractivity contribution in [2.45, 2.75) is 68.1 Å². The Labute approximate surface area is 276 Å². The lowest BCUT2D eigenvalue weighted by molar-refractivity contribution is -0.192. The van der Waals surface area contributed by atoms with Gasteiger partial charge in [-0.2, -0.15) is 13.2 Å². The van der Waals surface area contributed by atoms with Crippen molar-refractivity contribution in [3.63, 3.8) is 0 Å². The highest BCUT2D eigenvalue weighted by Gasteiger charge is 2.43. The minimum Gasteiger partial charge on any atom is -0.475 e. The number of aliphatic hydroxyl groups excluding tert-OH is 1. The predicted octanol–water partition coefficient (Wildman–Crippen LogP) is 5.02. The van der Waals surface area contributed by atoms with E-state index in [1.54, 1.807) is 23.5 Å². The molecule has 0 radical (unpaired) electrons. The van der Waals surface area contributed by atoms with E-state index in [2.05, 4.69) is 44.9 Å². The fraction of sp³-hybridized carbons (Fsp3) is 0.562. The summed E-state index contributed by atoms with van der Waals surface area (Å²) in [6, 6.07) is 16.0. The number of carboxylic acid groups (broad SMARTS) is 1. The molecule has 2 aliphatic heterocycles. The molecule has 1 saturated carbocycles. The number of rotatable bonds is 8. The van der Waals surface area contributed by atoms with E-state index in [1.165, 1.54) is 37.7 Å². The number of hydrogen-bond donors (Lipinski definition) is 3. The van der Waals surface area contributed by atoms with Crippen LogP contribution in [0.5, 0.6) is 0 Å². The number of ether oxygens (including phenoxy) is 1. The lowest BCUT2D eigenvalue weighted by Crippen LogP contribution is -2.62. The van der Waals surface area contributed by atoms with Gasteiger partial charge in [0.05, 0.1) is 21.7 Å². The number of fused-ring (bicyclic) bond motifs is 1. The van der Waals surface area contributed by atoms with Crippen LogP contribution in [0.2, 0.25) is 0 Å². The van der Waals surface area contributed by atoms with Gasteiger partial charge in [-0.05, 0) is 49.4 Å². The maximum Gasteiger partial charge on any atom is 0.490 e. The van der Waals surface area contributed by atoms with Gasteiger partial charge in [0, 0.05) is 56.9 Å². The first kappa shape index (κ1) is 35.5. The van der Waals surface area contributed by atoms with E-state index in [4.69, 9.17) is 19.6 Å². The molecule has 2 saturated heterocycles. The Morgan fingerprint density at radius 1 is 1.02 bits per heavy atom. The summed E-state index contributed by atoms with van der Waals surface area (Å²) in [6.07, 6.45) is 2.44. The molecule has 3 fully saturated rings. The summed E-state index contributed by atoms with van der Waals surface area (Å²) in [4.78, 5) is 19.2. The van der Waals surface area contributed by atoms with E-state index in [9.17, 15) is 26.7 Å². The van der Waals surface area contributed by atoms with Crippen LogP contribution in [0.3, 0.4) is 0 Å². The van der Waals surface area contributed by atoms with E-state index < -0.39 is 27.6 Å². The van der Waals surface area contributed by atoms with Crippen molar-refractivity contribution in [3.05, 3.63) is 54.1 Å². The Bertz CT molecular complexity index is 1610. The molecule has 258 valence electrons. The number of nitrogens with one attached hydrogen (secondary N) is 1. The molecule has 15 heteroatoms. The number of anilines is 1. The number of hydrogen-bond acceptors (Lipinski definition) is 9. The second-order valence-electron chi connectivity index (χ2n) is 12.6. The van der Waals surface area contributed by atoms with Crippen molar-refractivity contribution in [3.8, 4) is 0 Å². The number of aliphatic hydroxyl groups is 1. The topological polar surface area (TPSA) is 132 Å². The molecule has 1 spiro atoms. The van der Waals surface area contributed by atoms with E-state index in [1.807, 2.05) is 6.07 Å². The number of sulfonamides is 1. The molecule has 0 atom stereocenters. The molecule has 3 aliphatic rings. The van der Waals surface area contributed by atoms with Gasteiger partial charge in [-0.1, -0.05) is 60.9 Å². The van der Waals surface area contributed by atoms with Gasteiger partial charge in [-0.15, -0.1) is 0 Å². The molecule has 3 aromatic rings. The van der Waals surface area contributed by atoms with E-state index in [0.29, 0.717) is 26.1 Å². The second kappa shape index (κ2) is 14.7. The normalized spacial score (nSPS) is 20.1. The zero-order valence-electron chi connectivity index (χ0n) is 26.0. The van der Waals surface area contributed by atoms with Crippen LogP contribution < -0.4 is 9.62 Å². The van der Waals surface area contributed by atoms with Crippen LogP contribution in [-0.2, 0) is 26.1 Å². The van der Waals surface area contributed by atoms with Gasteiger partial charge in [0.2, 0.25) is 10.0 Å². The second-order valence-corrected chi connectivity index (χ2v) is 15.4. The maximum atomic E-state index is 13.2. The lowest BCUT2D eigenvalue weighted by atomic mass is 9.78. The number of carboxylic acids is 1. The molecule has 6 rings (SSSR count). The number of alkyl halides is 3. The maximum absolute atomic E-state index is 13.2. The zero-order valence-corrected chi connectivity index (χ0v) is 27.7. The first-order chi connectivity index (χ1) is 22.3. The molecule has 47 heavy (non-hydrogen) atoms. The van der Waals surface area contributed by atoms with E-state index >= 15 is 0 Å². The first-order valence-corrected chi connectivity index (χ1v) is 18.1. The molecular formula is C32H41F3N4O6S2. The summed E-state index contributed by atoms with van der Waals surface area (Å²) >= 11 is 1.58. The van der Waals surface area contributed by atoms with Crippen LogP contribution in [-0.4, -0.2) is 92.2 Å². The molecule has 2 aromatic carbocycles. The third kappa shape index (κ3) is 8.62. The first-order valence-electron chi connectivity index (χ1n) is 15.8. The van der Waals surface area contributed by atoms with Crippen molar-refractivity contribution < 1.29 is 41.3 Å². The van der Waals surface area contributed by atoms with Gasteiger partial charge in [0.1, 0.15) is 0 Å². The molecule has 0 amide bonds. The number of piperazine rings is 1. The van der Waals surface area contributed by atoms with Gasteiger partial charge in [-0.25, -0.2) is 22.9 Å². The smallest absolute Gasteiger partial charge is 0.475 e. The zero-order chi connectivity index (χ0) is 33.7. The summed E-state index contributed by atoms with van der Waals surface area (Å²) in [5.74, 6) is -2.76. The van der Waals surface area contributed by atoms with Crippen LogP contribution in [0.25, 0.3) is 10.2 Å². The monoisotopic (exact) mass is 698 g/mol. The Balaban J connectivity index is 0.000000559. The minimum absolute atomic E-state index is 0.0593. The molecule has 10 nitrogen and oxygen atoms in total. The third-order valence-electron chi connectivity index (χ3n) is 9.49. The molecule has 3 heterocycles. The number of benzene rings is 2. The predicted molar refractivity (Wildman–Crippen MR) is 173 cm³/mol. The highest BCUT2D eigenvalue weighted by molar-refractivity contribution is 7.89. The number of carbonyl (C=O) groups is 1. The molecule has 0 unspecified atom stereocenters. The van der Waals surface area contributed by atoms with Crippen LogP contribution in [0.1, 0.15) is 50.5 Å². The van der Waals surface area contributed by atoms with Gasteiger partial charge in [0.25, 0.3) is 0 Å². The van der Waals surface area contributed by atoms with Crippen LogP contribution in [0.15, 0.2) is 53.4 Å². The third-order valence-corrected chi connectivity index (χ3v) is 12.0. The quantitative estimate of drug-likeness (QED) is 0.297. The fourth-order valence-corrected chi connectivity index (χ4v) is 8.92. The number of aromatic nitrogens is 1. The van der Waals surface area contributed by atoms with Crippen LogP contribution in [0, 0.1) is 5.41 Å². The largest absolute Gasteiger partial charge is 0.490 e. The van der Waals surface area contributed by atoms with E-state index in [-0.39, 0.29) is 23.6 Å². The van der Waals surface area contributed by atoms with Gasteiger partial charge >= 0.3 is 12.1 Å². The van der Waals surface area contributed by atoms with Crippen molar-refractivity contribution in [1.29, 1.82) is 0 Å². The Morgan fingerprint density at radius 2 is 1.70 bits per heavy atom. The molecule has 0 bridgehead atoms. The Hall–Kier alpha value is -2.82. The molecule has 1 aliphatic carbocycles. The SMILES string of the molecule is O=C(O)C(F)(F)F.O=S(=O)(NCC1(CO)CCOCC1)c1ccc2nc(N3CCN(Cc4ccccc4)C4(CCCCC4)C3)sc2c1. The average molecular weight is 699 g/mol. The van der Waals surface area contributed by atoms with Crippen molar-refractivity contribution >= 4 is 42.7 Å². The highest BCUT2D eigenvalue weighted by atomic mass is 32.2. The van der Waals surface area contributed by atoms with E-state index in [0.717, 1.165) is 41.5 Å². The highest BCUT2D eigenvalue weighted by Crippen LogP contribution is 2.40. The number of halogens is 3. The van der Waals surface area contributed by atoms with Crippen molar-refractivity contribution in [2.24, 2.45) is 5.41 Å². The lowest BCUT2D eigenvalue weighted by Gasteiger charge is -2.53. The number of thiazole rings is 1.